The molecule has 0 N–H and O–H groups in total. The molecule has 1 amide bonds. The number of terminal acetylenes is 1. The van der Waals surface area contributed by atoms with Gasteiger partial charge in [0.05, 0.1) is 17.6 Å². The van der Waals surface area contributed by atoms with Crippen LogP contribution in [0, 0.1) is 29.4 Å². The zero-order valence-electron chi connectivity index (χ0n) is 32.6. The van der Waals surface area contributed by atoms with Crippen molar-refractivity contribution in [3.05, 3.63) is 59.3 Å². The Morgan fingerprint density at radius 2 is 1.75 bits per heavy atom. The van der Waals surface area contributed by atoms with E-state index < -0.39 is 29.4 Å². The van der Waals surface area contributed by atoms with Crippen molar-refractivity contribution in [1.82, 2.24) is 24.9 Å². The lowest BCUT2D eigenvalue weighted by Gasteiger charge is -2.35. The number of likely N-dealkylation sites (tertiary alicyclic amines) is 1. The summed E-state index contributed by atoms with van der Waals surface area (Å²) in [6.07, 6.45) is 9.64. The number of benzene rings is 2. The fourth-order valence-corrected chi connectivity index (χ4v) is 7.48. The summed E-state index contributed by atoms with van der Waals surface area (Å²) >= 11 is 0. The zero-order chi connectivity index (χ0) is 40.5. The molecule has 2 saturated heterocycles. The number of methoxy groups -OCH3 is 1. The first-order valence-corrected chi connectivity index (χ1v) is 19.2. The quantitative estimate of drug-likeness (QED) is 0.0882. The molecule has 2 aromatic carbocycles. The molecule has 3 aliphatic rings. The highest BCUT2D eigenvalue weighted by Gasteiger charge is 2.45. The van der Waals surface area contributed by atoms with E-state index in [1.165, 1.54) is 36.5 Å². The number of carbonyl (C=O) groups is 1. The van der Waals surface area contributed by atoms with E-state index in [-0.39, 0.29) is 69.3 Å². The Kier molecular flexibility index (Phi) is 11.5. The van der Waals surface area contributed by atoms with Crippen LogP contribution in [0.15, 0.2) is 42.1 Å². The summed E-state index contributed by atoms with van der Waals surface area (Å²) in [5.41, 5.74) is -1.05. The Morgan fingerprint density at radius 1 is 1.00 bits per heavy atom. The first kappa shape index (κ1) is 40.0. The van der Waals surface area contributed by atoms with Crippen molar-refractivity contribution in [2.45, 2.75) is 71.3 Å². The molecule has 4 aromatic rings. The van der Waals surface area contributed by atoms with Crippen LogP contribution in [0.2, 0.25) is 0 Å². The second-order valence-corrected chi connectivity index (χ2v) is 15.9. The number of aromatic nitrogens is 3. The highest BCUT2D eigenvalue weighted by atomic mass is 19.3. The van der Waals surface area contributed by atoms with Crippen LogP contribution in [0.3, 0.4) is 0 Å². The number of carbonyl (C=O) groups excluding carboxylic acids is 1. The Morgan fingerprint density at radius 3 is 2.44 bits per heavy atom. The SMILES string of the molecule is C#Cc1c(F)ccc2cc(OCOC)cc(-c3ncc4c(N5CCCCCN5C(=O)OC(C)(C)C)nc(OCC5(CN6CCC(=C(F)F)CC6)CC5)nc4c3F)c12. The summed E-state index contributed by atoms with van der Waals surface area (Å²) in [7, 11) is 1.46. The fraction of sp³-hybridized carbons (Fsp3) is 0.476. The predicted molar refractivity (Wildman–Crippen MR) is 207 cm³/mol. The van der Waals surface area contributed by atoms with Crippen LogP contribution in [-0.2, 0) is 9.47 Å². The van der Waals surface area contributed by atoms with Crippen molar-refractivity contribution >= 4 is 33.6 Å². The molecule has 3 fully saturated rings. The summed E-state index contributed by atoms with van der Waals surface area (Å²) < 4.78 is 81.9. The average molecular weight is 791 g/mol. The van der Waals surface area contributed by atoms with Crippen LogP contribution in [-0.4, -0.2) is 89.8 Å². The molecule has 1 saturated carbocycles. The maximum atomic E-state index is 17.4. The maximum absolute atomic E-state index is 17.4. The molecule has 11 nitrogen and oxygen atoms in total. The van der Waals surface area contributed by atoms with Gasteiger partial charge in [0.2, 0.25) is 0 Å². The van der Waals surface area contributed by atoms with E-state index in [0.29, 0.717) is 69.5 Å². The van der Waals surface area contributed by atoms with E-state index in [9.17, 15) is 13.6 Å². The molecule has 7 rings (SSSR count). The Balaban J connectivity index is 1.33. The van der Waals surface area contributed by atoms with Gasteiger partial charge in [-0.25, -0.2) is 18.6 Å². The summed E-state index contributed by atoms with van der Waals surface area (Å²) in [5, 5.41) is 4.10. The van der Waals surface area contributed by atoms with Crippen molar-refractivity contribution in [3.63, 3.8) is 0 Å². The molecule has 0 radical (unpaired) electrons. The summed E-state index contributed by atoms with van der Waals surface area (Å²) in [6.45, 7) is 7.84. The van der Waals surface area contributed by atoms with Gasteiger partial charge in [0, 0.05) is 62.4 Å². The smallest absolute Gasteiger partial charge is 0.429 e. The molecule has 15 heteroatoms. The molecule has 0 atom stereocenters. The monoisotopic (exact) mass is 790 g/mol. The molecule has 57 heavy (non-hydrogen) atoms. The molecule has 0 spiro atoms. The van der Waals surface area contributed by atoms with Crippen LogP contribution >= 0.6 is 0 Å². The van der Waals surface area contributed by atoms with Gasteiger partial charge < -0.3 is 23.8 Å². The number of rotatable bonds is 10. The van der Waals surface area contributed by atoms with Crippen LogP contribution in [0.5, 0.6) is 11.8 Å². The van der Waals surface area contributed by atoms with Gasteiger partial charge >= 0.3 is 12.1 Å². The number of halogens is 4. The van der Waals surface area contributed by atoms with Gasteiger partial charge in [-0.1, -0.05) is 12.0 Å². The van der Waals surface area contributed by atoms with Crippen molar-refractivity contribution in [2.75, 3.05) is 58.2 Å². The van der Waals surface area contributed by atoms with Gasteiger partial charge in [-0.05, 0) is 94.9 Å². The zero-order valence-corrected chi connectivity index (χ0v) is 32.6. The van der Waals surface area contributed by atoms with E-state index in [2.05, 4.69) is 20.8 Å². The minimum absolute atomic E-state index is 0.0717. The number of nitrogens with zero attached hydrogens (tertiary/aromatic N) is 6. The average Bonchev–Trinajstić information content (AvgIpc) is 3.99. The number of hydrazine groups is 1. The number of ether oxygens (including phenoxy) is 4. The number of hydrogen-bond donors (Lipinski definition) is 0. The van der Waals surface area contributed by atoms with Gasteiger partial charge in [-0.2, -0.15) is 18.7 Å². The number of pyridine rings is 1. The Labute approximate surface area is 328 Å². The second-order valence-electron chi connectivity index (χ2n) is 15.9. The van der Waals surface area contributed by atoms with Gasteiger partial charge in [0.1, 0.15) is 28.4 Å². The topological polar surface area (TPSA) is 102 Å². The van der Waals surface area contributed by atoms with Crippen molar-refractivity contribution < 1.29 is 41.3 Å². The molecule has 0 unspecified atom stereocenters. The van der Waals surface area contributed by atoms with E-state index in [1.54, 1.807) is 31.8 Å². The first-order valence-electron chi connectivity index (χ1n) is 19.2. The predicted octanol–water partition coefficient (Wildman–Crippen LogP) is 8.64. The van der Waals surface area contributed by atoms with E-state index >= 15 is 8.78 Å². The van der Waals surface area contributed by atoms with Gasteiger partial charge in [0.25, 0.3) is 6.08 Å². The number of anilines is 1. The van der Waals surface area contributed by atoms with Crippen molar-refractivity contribution in [1.29, 1.82) is 0 Å². The molecule has 302 valence electrons. The molecule has 4 heterocycles. The number of hydrogen-bond acceptors (Lipinski definition) is 10. The minimum Gasteiger partial charge on any atom is -0.468 e. The normalized spacial score (nSPS) is 17.4. The molecule has 1 aliphatic carbocycles. The van der Waals surface area contributed by atoms with Gasteiger partial charge in [-0.15, -0.1) is 6.42 Å². The van der Waals surface area contributed by atoms with Crippen LogP contribution in [0.4, 0.5) is 28.2 Å². The summed E-state index contributed by atoms with van der Waals surface area (Å²) in [5.74, 6) is 1.41. The van der Waals surface area contributed by atoms with Crippen LogP contribution in [0.25, 0.3) is 32.9 Å². The lowest BCUT2D eigenvalue weighted by Crippen LogP contribution is -2.49. The third kappa shape index (κ3) is 8.72. The molecule has 2 aromatic heterocycles. The number of piperidine rings is 1. The fourth-order valence-electron chi connectivity index (χ4n) is 7.48. The summed E-state index contributed by atoms with van der Waals surface area (Å²) in [6, 6.07) is 5.82. The third-order valence-corrected chi connectivity index (χ3v) is 10.6. The maximum Gasteiger partial charge on any atom is 0.429 e. The summed E-state index contributed by atoms with van der Waals surface area (Å²) in [4.78, 5) is 29.9. The number of fused-ring (bicyclic) bond motifs is 2. The third-order valence-electron chi connectivity index (χ3n) is 10.6. The standard InChI is InChI=1S/C42H46F4N6O5/c1-6-29-32(43)11-10-27-20-28(56-25-54-5)21-30(33(27)29)35-34(44)36-31(22-47-35)38(51-16-8-7-9-17-52(51)40(53)57-41(2,3)4)49-39(48-36)55-24-42(14-15-42)23-50-18-12-26(13-19-50)37(45)46/h1,10-11,20-22H,7-9,12-19,23-25H2,2-5H3. The molecule has 0 bridgehead atoms. The number of amides is 1. The van der Waals surface area contributed by atoms with Crippen LogP contribution < -0.4 is 14.5 Å². The first-order chi connectivity index (χ1) is 27.3. The Hall–Kier alpha value is -5.20. The van der Waals surface area contributed by atoms with Gasteiger partial charge in [-0.3, -0.25) is 9.99 Å². The largest absolute Gasteiger partial charge is 0.468 e. The lowest BCUT2D eigenvalue weighted by atomic mass is 9.95. The lowest BCUT2D eigenvalue weighted by molar-refractivity contribution is 0.0232. The van der Waals surface area contributed by atoms with E-state index in [4.69, 9.17) is 30.4 Å². The van der Waals surface area contributed by atoms with Crippen molar-refractivity contribution in [2.24, 2.45) is 5.41 Å². The van der Waals surface area contributed by atoms with Crippen molar-refractivity contribution in [3.8, 4) is 35.4 Å². The second kappa shape index (κ2) is 16.3. The van der Waals surface area contributed by atoms with Crippen LogP contribution in [0.1, 0.15) is 71.3 Å². The van der Waals surface area contributed by atoms with Gasteiger partial charge in [0.15, 0.2) is 18.4 Å². The molecule has 2 aliphatic heterocycles. The highest BCUT2D eigenvalue weighted by Crippen LogP contribution is 2.47. The van der Waals surface area contributed by atoms with E-state index in [0.717, 1.165) is 19.3 Å². The minimum atomic E-state index is -1.59. The van der Waals surface area contributed by atoms with E-state index in [1.807, 2.05) is 0 Å². The Bertz CT molecular complexity index is 2240. The molecular formula is C42H46F4N6O5. The highest BCUT2D eigenvalue weighted by molar-refractivity contribution is 6.03. The molecular weight excluding hydrogens is 744 g/mol.